The van der Waals surface area contributed by atoms with Gasteiger partial charge in [0.1, 0.15) is 12.4 Å². The number of hydrogen-bond donors (Lipinski definition) is 2. The van der Waals surface area contributed by atoms with Crippen molar-refractivity contribution in [3.63, 3.8) is 0 Å². The van der Waals surface area contributed by atoms with Gasteiger partial charge >= 0.3 is 6.18 Å². The number of hydrogen-bond acceptors (Lipinski definition) is 3. The van der Waals surface area contributed by atoms with Crippen LogP contribution in [0.15, 0.2) is 4.99 Å². The van der Waals surface area contributed by atoms with Gasteiger partial charge in [-0.3, -0.25) is 0 Å². The molecule has 24 heavy (non-hydrogen) atoms. The zero-order chi connectivity index (χ0) is 18.0. The van der Waals surface area contributed by atoms with Crippen LogP contribution >= 0.6 is 0 Å². The quantitative estimate of drug-likeness (QED) is 0.409. The summed E-state index contributed by atoms with van der Waals surface area (Å²) in [6, 6.07) is 0. The van der Waals surface area contributed by atoms with Gasteiger partial charge in [-0.15, -0.1) is 10.2 Å². The molecule has 0 saturated carbocycles. The third kappa shape index (κ3) is 8.16. The minimum atomic E-state index is -4.08. The number of aromatic nitrogens is 3. The molecule has 1 heterocycles. The zero-order valence-corrected chi connectivity index (χ0v) is 14.6. The number of unbranched alkanes of at least 4 members (excludes halogenated alkanes) is 2. The van der Waals surface area contributed by atoms with Gasteiger partial charge in [0.2, 0.25) is 0 Å². The summed E-state index contributed by atoms with van der Waals surface area (Å²) in [5.74, 6) is 2.14. The van der Waals surface area contributed by atoms with E-state index >= 15 is 0 Å². The van der Waals surface area contributed by atoms with E-state index in [0.29, 0.717) is 25.5 Å². The van der Waals surface area contributed by atoms with Crippen molar-refractivity contribution in [1.29, 1.82) is 0 Å². The number of nitrogens with one attached hydrogen (secondary N) is 2. The van der Waals surface area contributed by atoms with Gasteiger partial charge in [0.25, 0.3) is 0 Å². The van der Waals surface area contributed by atoms with Gasteiger partial charge in [-0.1, -0.05) is 13.3 Å². The van der Waals surface area contributed by atoms with E-state index in [1.807, 2.05) is 18.5 Å². The zero-order valence-electron chi connectivity index (χ0n) is 14.6. The Balaban J connectivity index is 2.47. The standard InChI is InChI=1S/C15H27F3N6/c1-4-5-9-19-14(20-10-7-6-8-15(16,17)18)21-11-13-23-22-12(2)24(13)3/h4-11H2,1-3H3,(H2,19,20,21). The summed E-state index contributed by atoms with van der Waals surface area (Å²) in [6.07, 6.45) is -2.23. The molecule has 0 aliphatic heterocycles. The van der Waals surface area contributed by atoms with Crippen LogP contribution < -0.4 is 10.6 Å². The van der Waals surface area contributed by atoms with E-state index in [1.54, 1.807) is 0 Å². The fraction of sp³-hybridized carbons (Fsp3) is 0.800. The van der Waals surface area contributed by atoms with E-state index in [1.165, 1.54) is 0 Å². The summed E-state index contributed by atoms with van der Waals surface area (Å²) in [6.45, 7) is 5.53. The minimum absolute atomic E-state index is 0.112. The second kappa shape index (κ2) is 10.1. The minimum Gasteiger partial charge on any atom is -0.356 e. The Morgan fingerprint density at radius 1 is 1.12 bits per heavy atom. The molecule has 0 aliphatic carbocycles. The third-order valence-electron chi connectivity index (χ3n) is 3.56. The lowest BCUT2D eigenvalue weighted by molar-refractivity contribution is -0.135. The highest BCUT2D eigenvalue weighted by Gasteiger charge is 2.25. The molecule has 0 radical (unpaired) electrons. The molecule has 0 aromatic carbocycles. The second-order valence-electron chi connectivity index (χ2n) is 5.67. The van der Waals surface area contributed by atoms with E-state index < -0.39 is 12.6 Å². The van der Waals surface area contributed by atoms with Crippen molar-refractivity contribution >= 4 is 5.96 Å². The lowest BCUT2D eigenvalue weighted by atomic mass is 10.2. The van der Waals surface area contributed by atoms with Crippen LogP contribution in [0.25, 0.3) is 0 Å². The van der Waals surface area contributed by atoms with Gasteiger partial charge in [0.05, 0.1) is 0 Å². The summed E-state index contributed by atoms with van der Waals surface area (Å²) in [5.41, 5.74) is 0. The van der Waals surface area contributed by atoms with E-state index in [2.05, 4.69) is 32.7 Å². The fourth-order valence-corrected chi connectivity index (χ4v) is 1.95. The normalized spacial score (nSPS) is 12.5. The predicted octanol–water partition coefficient (Wildman–Crippen LogP) is 2.69. The molecule has 0 amide bonds. The Bertz CT molecular complexity index is 510. The van der Waals surface area contributed by atoms with Crippen LogP contribution in [0.2, 0.25) is 0 Å². The van der Waals surface area contributed by atoms with Crippen molar-refractivity contribution in [3.05, 3.63) is 11.6 Å². The predicted molar refractivity (Wildman–Crippen MR) is 87.7 cm³/mol. The summed E-state index contributed by atoms with van der Waals surface area (Å²) in [7, 11) is 1.87. The molecule has 0 fully saturated rings. The van der Waals surface area contributed by atoms with Crippen molar-refractivity contribution in [2.75, 3.05) is 13.1 Å². The molecule has 9 heteroatoms. The van der Waals surface area contributed by atoms with E-state index in [9.17, 15) is 13.2 Å². The van der Waals surface area contributed by atoms with Gasteiger partial charge < -0.3 is 15.2 Å². The van der Waals surface area contributed by atoms with E-state index in [0.717, 1.165) is 31.0 Å². The van der Waals surface area contributed by atoms with Crippen LogP contribution in [-0.2, 0) is 13.6 Å². The largest absolute Gasteiger partial charge is 0.389 e. The third-order valence-corrected chi connectivity index (χ3v) is 3.56. The Kier molecular flexibility index (Phi) is 8.56. The highest BCUT2D eigenvalue weighted by atomic mass is 19.4. The van der Waals surface area contributed by atoms with Crippen molar-refractivity contribution in [1.82, 2.24) is 25.4 Å². The molecular weight excluding hydrogens is 321 g/mol. The maximum atomic E-state index is 12.1. The Morgan fingerprint density at radius 3 is 2.33 bits per heavy atom. The molecule has 0 aliphatic rings. The van der Waals surface area contributed by atoms with Gasteiger partial charge in [0, 0.05) is 26.6 Å². The van der Waals surface area contributed by atoms with Crippen LogP contribution in [0.4, 0.5) is 13.2 Å². The highest BCUT2D eigenvalue weighted by molar-refractivity contribution is 5.79. The molecule has 0 bridgehead atoms. The molecule has 0 saturated heterocycles. The number of aliphatic imine (C=N–C) groups is 1. The Labute approximate surface area is 140 Å². The molecule has 138 valence electrons. The molecular formula is C15H27F3N6. The maximum absolute atomic E-state index is 12.1. The molecule has 0 atom stereocenters. The van der Waals surface area contributed by atoms with Crippen molar-refractivity contribution < 1.29 is 13.2 Å². The summed E-state index contributed by atoms with van der Waals surface area (Å²) < 4.78 is 38.2. The van der Waals surface area contributed by atoms with E-state index in [-0.39, 0.29) is 6.42 Å². The van der Waals surface area contributed by atoms with Gasteiger partial charge in [-0.2, -0.15) is 13.2 Å². The molecule has 1 aromatic heterocycles. The van der Waals surface area contributed by atoms with Crippen LogP contribution in [0.1, 0.15) is 50.7 Å². The van der Waals surface area contributed by atoms with Crippen molar-refractivity contribution in [3.8, 4) is 0 Å². The summed E-state index contributed by atoms with van der Waals surface area (Å²) in [4.78, 5) is 4.44. The Morgan fingerprint density at radius 2 is 1.79 bits per heavy atom. The molecule has 1 aromatic rings. The topological polar surface area (TPSA) is 67.1 Å². The molecule has 6 nitrogen and oxygen atoms in total. The van der Waals surface area contributed by atoms with Crippen LogP contribution in [0.3, 0.4) is 0 Å². The SMILES string of the molecule is CCCCNC(=NCc1nnc(C)n1C)NCCCCC(F)(F)F. The first-order chi connectivity index (χ1) is 11.3. The number of guanidine groups is 1. The lowest BCUT2D eigenvalue weighted by Gasteiger charge is -2.12. The smallest absolute Gasteiger partial charge is 0.356 e. The van der Waals surface area contributed by atoms with Crippen LogP contribution in [-0.4, -0.2) is 40.0 Å². The van der Waals surface area contributed by atoms with Crippen LogP contribution in [0, 0.1) is 6.92 Å². The fourth-order valence-electron chi connectivity index (χ4n) is 1.95. The average Bonchev–Trinajstić information content (AvgIpc) is 2.82. The van der Waals surface area contributed by atoms with Crippen molar-refractivity contribution in [2.24, 2.45) is 12.0 Å². The first kappa shape index (κ1) is 20.2. The number of rotatable bonds is 9. The Hall–Kier alpha value is -1.80. The average molecular weight is 348 g/mol. The molecule has 1 rings (SSSR count). The van der Waals surface area contributed by atoms with Gasteiger partial charge in [0.15, 0.2) is 11.8 Å². The molecule has 0 unspecified atom stereocenters. The number of aryl methyl sites for hydroxylation is 1. The number of alkyl halides is 3. The second-order valence-corrected chi connectivity index (χ2v) is 5.67. The number of nitrogens with zero attached hydrogens (tertiary/aromatic N) is 4. The van der Waals surface area contributed by atoms with Gasteiger partial charge in [-0.25, -0.2) is 4.99 Å². The van der Waals surface area contributed by atoms with Crippen LogP contribution in [0.5, 0.6) is 0 Å². The van der Waals surface area contributed by atoms with Gasteiger partial charge in [-0.05, 0) is 26.2 Å². The maximum Gasteiger partial charge on any atom is 0.389 e. The first-order valence-corrected chi connectivity index (χ1v) is 8.27. The van der Waals surface area contributed by atoms with E-state index in [4.69, 9.17) is 0 Å². The summed E-state index contributed by atoms with van der Waals surface area (Å²) >= 11 is 0. The monoisotopic (exact) mass is 348 g/mol. The molecule has 0 spiro atoms. The molecule has 2 N–H and O–H groups in total. The highest BCUT2D eigenvalue weighted by Crippen LogP contribution is 2.21. The number of halogens is 3. The summed E-state index contributed by atoms with van der Waals surface area (Å²) in [5, 5.41) is 14.3. The first-order valence-electron chi connectivity index (χ1n) is 8.27. The van der Waals surface area contributed by atoms with Crippen molar-refractivity contribution in [2.45, 2.75) is 58.7 Å². The lowest BCUT2D eigenvalue weighted by Crippen LogP contribution is -2.38.